The Morgan fingerprint density at radius 1 is 0.897 bits per heavy atom. The van der Waals surface area contributed by atoms with Gasteiger partial charge in [-0.05, 0) is 48.7 Å². The molecule has 0 atom stereocenters. The van der Waals surface area contributed by atoms with Crippen LogP contribution in [0.25, 0.3) is 0 Å². The van der Waals surface area contributed by atoms with Crippen LogP contribution in [0, 0.1) is 0 Å². The van der Waals surface area contributed by atoms with Crippen molar-refractivity contribution >= 4 is 25.7 Å². The molecule has 4 rings (SSSR count). The van der Waals surface area contributed by atoms with Crippen LogP contribution in [-0.2, 0) is 30.2 Å². The topological polar surface area (TPSA) is 84.0 Å². The van der Waals surface area contributed by atoms with Crippen molar-refractivity contribution in [3.8, 4) is 0 Å². The number of nitrogens with zero attached hydrogens (tertiary/aromatic N) is 2. The number of hydrogen-bond donors (Lipinski definition) is 0. The summed E-state index contributed by atoms with van der Waals surface area (Å²) in [5, 5.41) is 0. The summed E-state index contributed by atoms with van der Waals surface area (Å²) in [6.07, 6.45) is 1.55. The third-order valence-corrected chi connectivity index (χ3v) is 9.43. The van der Waals surface area contributed by atoms with Gasteiger partial charge in [0.05, 0.1) is 15.5 Å². The Morgan fingerprint density at radius 2 is 1.48 bits per heavy atom. The Bertz CT molecular complexity index is 1120. The Morgan fingerprint density at radius 3 is 2.10 bits per heavy atom. The van der Waals surface area contributed by atoms with Crippen molar-refractivity contribution in [1.29, 1.82) is 0 Å². The molecule has 1 fully saturated rings. The molecule has 0 aromatic heterocycles. The fraction of sp³-hybridized carbons (Fsp3) is 0.400. The zero-order chi connectivity index (χ0) is 20.9. The second-order valence-electron chi connectivity index (χ2n) is 7.68. The average Bonchev–Trinajstić information content (AvgIpc) is 3.03. The SMILES string of the molecule is CN(C)S(=O)(=O)c1ccc(S(=O)(=O)N2CC3(CCOCC3)c3ccccc32)cc1. The minimum Gasteiger partial charge on any atom is -0.381 e. The lowest BCUT2D eigenvalue weighted by Crippen LogP contribution is -2.40. The van der Waals surface area contributed by atoms with E-state index in [1.165, 1.54) is 42.7 Å². The van der Waals surface area contributed by atoms with Gasteiger partial charge in [-0.3, -0.25) is 4.31 Å². The smallest absolute Gasteiger partial charge is 0.264 e. The first-order chi connectivity index (χ1) is 13.7. The maximum absolute atomic E-state index is 13.5. The summed E-state index contributed by atoms with van der Waals surface area (Å²) in [6, 6.07) is 13.0. The highest BCUT2D eigenvalue weighted by Crippen LogP contribution is 2.48. The van der Waals surface area contributed by atoms with Crippen LogP contribution in [0.3, 0.4) is 0 Å². The maximum Gasteiger partial charge on any atom is 0.264 e. The van der Waals surface area contributed by atoms with Gasteiger partial charge in [-0.15, -0.1) is 0 Å². The van der Waals surface area contributed by atoms with Crippen molar-refractivity contribution in [3.63, 3.8) is 0 Å². The molecule has 0 amide bonds. The largest absolute Gasteiger partial charge is 0.381 e. The van der Waals surface area contributed by atoms with Crippen LogP contribution in [0.1, 0.15) is 18.4 Å². The third-order valence-electron chi connectivity index (χ3n) is 5.83. The van der Waals surface area contributed by atoms with Crippen LogP contribution in [0.4, 0.5) is 5.69 Å². The standard InChI is InChI=1S/C20H24N2O5S2/c1-21(2)28(23,24)16-7-9-17(10-8-16)29(25,26)22-15-20(11-13-27-14-12-20)18-5-3-4-6-19(18)22/h3-10H,11-15H2,1-2H3. The molecule has 156 valence electrons. The maximum atomic E-state index is 13.5. The lowest BCUT2D eigenvalue weighted by molar-refractivity contribution is 0.0560. The molecule has 0 saturated carbocycles. The van der Waals surface area contributed by atoms with E-state index in [4.69, 9.17) is 4.74 Å². The average molecular weight is 437 g/mol. The van der Waals surface area contributed by atoms with Crippen molar-refractivity contribution < 1.29 is 21.6 Å². The highest BCUT2D eigenvalue weighted by Gasteiger charge is 2.47. The summed E-state index contributed by atoms with van der Waals surface area (Å²) in [5.74, 6) is 0. The van der Waals surface area contributed by atoms with E-state index in [1.54, 1.807) is 0 Å². The molecule has 7 nitrogen and oxygen atoms in total. The molecule has 2 aliphatic heterocycles. The predicted molar refractivity (Wildman–Crippen MR) is 110 cm³/mol. The summed E-state index contributed by atoms with van der Waals surface area (Å²) in [6.45, 7) is 1.59. The second kappa shape index (κ2) is 7.09. The van der Waals surface area contributed by atoms with Crippen LogP contribution in [-0.4, -0.2) is 55.0 Å². The van der Waals surface area contributed by atoms with Gasteiger partial charge in [-0.2, -0.15) is 0 Å². The second-order valence-corrected chi connectivity index (χ2v) is 11.7. The van der Waals surface area contributed by atoms with Gasteiger partial charge in [-0.25, -0.2) is 21.1 Å². The van der Waals surface area contributed by atoms with Gasteiger partial charge in [0.25, 0.3) is 10.0 Å². The van der Waals surface area contributed by atoms with Crippen LogP contribution < -0.4 is 4.31 Å². The summed E-state index contributed by atoms with van der Waals surface area (Å²) in [5.41, 5.74) is 1.49. The Hall–Kier alpha value is -1.94. The van der Waals surface area contributed by atoms with E-state index < -0.39 is 20.0 Å². The van der Waals surface area contributed by atoms with Gasteiger partial charge < -0.3 is 4.74 Å². The lowest BCUT2D eigenvalue weighted by atomic mass is 9.76. The quantitative estimate of drug-likeness (QED) is 0.734. The molecular weight excluding hydrogens is 412 g/mol. The summed E-state index contributed by atoms with van der Waals surface area (Å²) < 4.78 is 59.5. The Balaban J connectivity index is 1.73. The molecule has 29 heavy (non-hydrogen) atoms. The normalized spacial score (nSPS) is 18.9. The summed E-state index contributed by atoms with van der Waals surface area (Å²) >= 11 is 0. The molecular formula is C20H24N2O5S2. The highest BCUT2D eigenvalue weighted by molar-refractivity contribution is 7.93. The Labute approximate surface area is 172 Å². The number of sulfonamides is 2. The van der Waals surface area contributed by atoms with Gasteiger partial charge >= 0.3 is 0 Å². The molecule has 2 heterocycles. The van der Waals surface area contributed by atoms with Gasteiger partial charge in [0, 0.05) is 39.3 Å². The van der Waals surface area contributed by atoms with E-state index in [9.17, 15) is 16.8 Å². The van der Waals surface area contributed by atoms with E-state index in [-0.39, 0.29) is 15.2 Å². The van der Waals surface area contributed by atoms with Crippen molar-refractivity contribution in [2.24, 2.45) is 0 Å². The zero-order valence-corrected chi connectivity index (χ0v) is 18.0. The molecule has 0 unspecified atom stereocenters. The number of fused-ring (bicyclic) bond motifs is 2. The van der Waals surface area contributed by atoms with Crippen molar-refractivity contribution in [2.75, 3.05) is 38.2 Å². The van der Waals surface area contributed by atoms with Gasteiger partial charge in [0.1, 0.15) is 0 Å². The summed E-state index contributed by atoms with van der Waals surface area (Å²) in [7, 11) is -4.57. The predicted octanol–water partition coefficient (Wildman–Crippen LogP) is 2.19. The molecule has 0 aliphatic carbocycles. The van der Waals surface area contributed by atoms with Crippen LogP contribution in [0.5, 0.6) is 0 Å². The Kier molecular flexibility index (Phi) is 4.97. The first kappa shape index (κ1) is 20.3. The van der Waals surface area contributed by atoms with Gasteiger partial charge in [-0.1, -0.05) is 18.2 Å². The molecule has 9 heteroatoms. The molecule has 0 N–H and O–H groups in total. The molecule has 2 aliphatic rings. The van der Waals surface area contributed by atoms with Gasteiger partial charge in [0.2, 0.25) is 10.0 Å². The minimum absolute atomic E-state index is 0.0594. The number of rotatable bonds is 4. The van der Waals surface area contributed by atoms with Crippen LogP contribution >= 0.6 is 0 Å². The first-order valence-corrected chi connectivity index (χ1v) is 12.3. The molecule has 0 bridgehead atoms. The van der Waals surface area contributed by atoms with Crippen LogP contribution in [0.15, 0.2) is 58.3 Å². The van der Waals surface area contributed by atoms with E-state index in [1.807, 2.05) is 24.3 Å². The highest BCUT2D eigenvalue weighted by atomic mass is 32.2. The molecule has 0 radical (unpaired) electrons. The fourth-order valence-corrected chi connectivity index (χ4v) is 6.58. The van der Waals surface area contributed by atoms with E-state index in [0.29, 0.717) is 25.4 Å². The van der Waals surface area contributed by atoms with E-state index >= 15 is 0 Å². The first-order valence-electron chi connectivity index (χ1n) is 9.41. The lowest BCUT2D eigenvalue weighted by Gasteiger charge is -2.34. The number of anilines is 1. The van der Waals surface area contributed by atoms with Crippen molar-refractivity contribution in [2.45, 2.75) is 28.0 Å². The minimum atomic E-state index is -3.83. The zero-order valence-electron chi connectivity index (χ0n) is 16.4. The fourth-order valence-electron chi connectivity index (χ4n) is 4.11. The molecule has 1 saturated heterocycles. The summed E-state index contributed by atoms with van der Waals surface area (Å²) in [4.78, 5) is 0.137. The molecule has 2 aromatic carbocycles. The van der Waals surface area contributed by atoms with Crippen molar-refractivity contribution in [3.05, 3.63) is 54.1 Å². The third kappa shape index (κ3) is 3.26. The number of ether oxygens (including phenoxy) is 1. The molecule has 1 spiro atoms. The van der Waals surface area contributed by atoms with Gasteiger partial charge in [0.15, 0.2) is 0 Å². The van der Waals surface area contributed by atoms with Crippen molar-refractivity contribution in [1.82, 2.24) is 4.31 Å². The van der Waals surface area contributed by atoms with Crippen LogP contribution in [0.2, 0.25) is 0 Å². The van der Waals surface area contributed by atoms with E-state index in [0.717, 1.165) is 22.7 Å². The van der Waals surface area contributed by atoms with E-state index in [2.05, 4.69) is 0 Å². The molecule has 2 aromatic rings. The number of hydrogen-bond acceptors (Lipinski definition) is 5. The number of para-hydroxylation sites is 1. The number of benzene rings is 2. The monoisotopic (exact) mass is 436 g/mol.